The number of esters is 1. The van der Waals surface area contributed by atoms with Gasteiger partial charge in [0.05, 0.1) is 7.11 Å². The maximum atomic E-state index is 10.8. The van der Waals surface area contributed by atoms with Crippen molar-refractivity contribution in [3.63, 3.8) is 0 Å². The Bertz CT molecular complexity index is 299. The van der Waals surface area contributed by atoms with Crippen molar-refractivity contribution < 1.29 is 23.6 Å². The molecule has 1 aromatic rings. The monoisotopic (exact) mass is 185 g/mol. The highest BCUT2D eigenvalue weighted by atomic mass is 16.7. The zero-order valence-corrected chi connectivity index (χ0v) is 6.77. The molecule has 0 aromatic carbocycles. The second-order valence-electron chi connectivity index (χ2n) is 2.06. The van der Waals surface area contributed by atoms with E-state index in [2.05, 4.69) is 15.5 Å². The first-order valence-electron chi connectivity index (χ1n) is 3.28. The molecule has 13 heavy (non-hydrogen) atoms. The number of carbonyl (C=O) groups excluding carboxylic acids is 2. The molecule has 0 radical (unpaired) electrons. The van der Waals surface area contributed by atoms with Crippen molar-refractivity contribution in [2.45, 2.75) is 0 Å². The van der Waals surface area contributed by atoms with Crippen molar-refractivity contribution >= 4 is 11.9 Å². The van der Waals surface area contributed by atoms with Gasteiger partial charge >= 0.3 is 11.9 Å². The van der Waals surface area contributed by atoms with Crippen molar-refractivity contribution in [3.8, 4) is 0 Å². The van der Waals surface area contributed by atoms with E-state index < -0.39 is 11.9 Å². The fourth-order valence-corrected chi connectivity index (χ4v) is 0.716. The highest BCUT2D eigenvalue weighted by molar-refractivity contribution is 5.90. The summed E-state index contributed by atoms with van der Waals surface area (Å²) in [7, 11) is 1.20. The first kappa shape index (κ1) is 9.27. The Morgan fingerprint density at radius 1 is 1.31 bits per heavy atom. The fourth-order valence-electron chi connectivity index (χ4n) is 0.716. The Labute approximate surface area is 73.2 Å². The van der Waals surface area contributed by atoms with Crippen molar-refractivity contribution in [1.29, 1.82) is 0 Å². The van der Waals surface area contributed by atoms with Crippen LogP contribution in [0.4, 0.5) is 0 Å². The Hall–Kier alpha value is -1.82. The Morgan fingerprint density at radius 3 is 2.31 bits per heavy atom. The summed E-state index contributed by atoms with van der Waals surface area (Å²) in [4.78, 5) is 25.5. The van der Waals surface area contributed by atoms with E-state index in [0.717, 1.165) is 0 Å². The average molecular weight is 185 g/mol. The van der Waals surface area contributed by atoms with Gasteiger partial charge in [0.2, 0.25) is 11.5 Å². The SMILES string of the molecule is COC(=O)c1ccc(C(=O)ON)o1. The number of furan rings is 1. The number of rotatable bonds is 2. The Kier molecular flexibility index (Phi) is 2.65. The lowest BCUT2D eigenvalue weighted by atomic mass is 10.4. The molecule has 2 N–H and O–H groups in total. The summed E-state index contributed by atoms with van der Waals surface area (Å²) in [5, 5.41) is 0. The van der Waals surface area contributed by atoms with Gasteiger partial charge in [0.15, 0.2) is 0 Å². The average Bonchev–Trinajstić information content (AvgIpc) is 2.64. The van der Waals surface area contributed by atoms with Crippen LogP contribution in [0.3, 0.4) is 0 Å². The first-order valence-corrected chi connectivity index (χ1v) is 3.28. The third-order valence-corrected chi connectivity index (χ3v) is 1.30. The third kappa shape index (κ3) is 1.85. The van der Waals surface area contributed by atoms with Crippen LogP contribution >= 0.6 is 0 Å². The smallest absolute Gasteiger partial charge is 0.392 e. The summed E-state index contributed by atoms with van der Waals surface area (Å²) in [6.07, 6.45) is 0. The Morgan fingerprint density at radius 2 is 1.85 bits per heavy atom. The zero-order valence-electron chi connectivity index (χ0n) is 6.77. The molecule has 1 heterocycles. The van der Waals surface area contributed by atoms with E-state index in [1.807, 2.05) is 0 Å². The topological polar surface area (TPSA) is 91.8 Å². The van der Waals surface area contributed by atoms with Crippen LogP contribution in [0, 0.1) is 0 Å². The summed E-state index contributed by atoms with van der Waals surface area (Å²) in [5.41, 5.74) is 0. The van der Waals surface area contributed by atoms with Crippen LogP contribution in [-0.4, -0.2) is 19.0 Å². The van der Waals surface area contributed by atoms with Gasteiger partial charge in [-0.05, 0) is 12.1 Å². The molecule has 1 rings (SSSR count). The van der Waals surface area contributed by atoms with Crippen molar-refractivity contribution in [2.75, 3.05) is 7.11 Å². The van der Waals surface area contributed by atoms with Gasteiger partial charge in [-0.3, -0.25) is 0 Å². The molecule has 0 aliphatic heterocycles. The molecule has 0 atom stereocenters. The van der Waals surface area contributed by atoms with Crippen LogP contribution in [0.5, 0.6) is 0 Å². The first-order chi connectivity index (χ1) is 6.19. The molecular formula is C7H7NO5. The van der Waals surface area contributed by atoms with Crippen LogP contribution in [-0.2, 0) is 9.57 Å². The summed E-state index contributed by atoms with van der Waals surface area (Å²) in [6, 6.07) is 2.56. The maximum absolute atomic E-state index is 10.8. The molecule has 0 bridgehead atoms. The minimum absolute atomic E-state index is 0.0806. The maximum Gasteiger partial charge on any atom is 0.392 e. The molecule has 0 saturated carbocycles. The summed E-state index contributed by atoms with van der Waals surface area (Å²) in [6.45, 7) is 0. The van der Waals surface area contributed by atoms with Gasteiger partial charge in [0.25, 0.3) is 0 Å². The number of ether oxygens (including phenoxy) is 1. The number of carbonyl (C=O) groups is 2. The zero-order chi connectivity index (χ0) is 9.84. The van der Waals surface area contributed by atoms with Crippen LogP contribution in [0.15, 0.2) is 16.5 Å². The van der Waals surface area contributed by atoms with Gasteiger partial charge in [-0.2, -0.15) is 5.90 Å². The molecule has 0 spiro atoms. The molecule has 0 aliphatic rings. The molecule has 0 amide bonds. The minimum Gasteiger partial charge on any atom is -0.463 e. The fraction of sp³-hybridized carbons (Fsp3) is 0.143. The quantitative estimate of drug-likeness (QED) is 0.518. The normalized spacial score (nSPS) is 9.38. The summed E-state index contributed by atoms with van der Waals surface area (Å²) in [5.74, 6) is 2.84. The van der Waals surface area contributed by atoms with E-state index in [1.54, 1.807) is 0 Å². The van der Waals surface area contributed by atoms with Crippen LogP contribution in [0.1, 0.15) is 21.1 Å². The van der Waals surface area contributed by atoms with Gasteiger partial charge in [-0.1, -0.05) is 0 Å². The van der Waals surface area contributed by atoms with E-state index in [1.165, 1.54) is 19.2 Å². The van der Waals surface area contributed by atoms with Crippen molar-refractivity contribution in [3.05, 3.63) is 23.7 Å². The predicted octanol–water partition coefficient (Wildman–Crippen LogP) is 0.0967. The van der Waals surface area contributed by atoms with Gasteiger partial charge in [0.1, 0.15) is 0 Å². The standard InChI is InChI=1S/C7H7NO5/c1-11-6(9)4-2-3-5(12-4)7(10)13-8/h2-3H,8H2,1H3. The van der Waals surface area contributed by atoms with E-state index in [-0.39, 0.29) is 11.5 Å². The Balaban J connectivity index is 2.86. The molecule has 0 saturated heterocycles. The number of hydrogen-bond donors (Lipinski definition) is 1. The molecule has 0 fully saturated rings. The van der Waals surface area contributed by atoms with Crippen molar-refractivity contribution in [1.82, 2.24) is 0 Å². The van der Waals surface area contributed by atoms with E-state index in [0.29, 0.717) is 0 Å². The number of methoxy groups -OCH3 is 1. The molecule has 1 aromatic heterocycles. The van der Waals surface area contributed by atoms with Gasteiger partial charge < -0.3 is 14.0 Å². The molecule has 6 nitrogen and oxygen atoms in total. The lowest BCUT2D eigenvalue weighted by molar-refractivity contribution is 0.0455. The largest absolute Gasteiger partial charge is 0.463 e. The molecule has 70 valence electrons. The lowest BCUT2D eigenvalue weighted by Crippen LogP contribution is -2.09. The van der Waals surface area contributed by atoms with Crippen LogP contribution < -0.4 is 5.90 Å². The highest BCUT2D eigenvalue weighted by Crippen LogP contribution is 2.09. The molecular weight excluding hydrogens is 178 g/mol. The lowest BCUT2D eigenvalue weighted by Gasteiger charge is -1.93. The van der Waals surface area contributed by atoms with Crippen molar-refractivity contribution in [2.24, 2.45) is 5.90 Å². The van der Waals surface area contributed by atoms with E-state index in [4.69, 9.17) is 4.42 Å². The third-order valence-electron chi connectivity index (χ3n) is 1.30. The predicted molar refractivity (Wildman–Crippen MR) is 39.7 cm³/mol. The highest BCUT2D eigenvalue weighted by Gasteiger charge is 2.16. The van der Waals surface area contributed by atoms with Crippen LogP contribution in [0.2, 0.25) is 0 Å². The minimum atomic E-state index is -0.852. The summed E-state index contributed by atoms with van der Waals surface area (Å²) >= 11 is 0. The van der Waals surface area contributed by atoms with Gasteiger partial charge in [0, 0.05) is 0 Å². The second kappa shape index (κ2) is 3.72. The molecule has 6 heteroatoms. The second-order valence-corrected chi connectivity index (χ2v) is 2.06. The van der Waals surface area contributed by atoms with Gasteiger partial charge in [-0.25, -0.2) is 9.59 Å². The molecule has 0 unspecified atom stereocenters. The van der Waals surface area contributed by atoms with Gasteiger partial charge in [-0.15, -0.1) is 0 Å². The number of nitrogens with two attached hydrogens (primary N) is 1. The molecule has 0 aliphatic carbocycles. The van der Waals surface area contributed by atoms with E-state index >= 15 is 0 Å². The van der Waals surface area contributed by atoms with Crippen LogP contribution in [0.25, 0.3) is 0 Å². The van der Waals surface area contributed by atoms with E-state index in [9.17, 15) is 9.59 Å². The number of hydrogen-bond acceptors (Lipinski definition) is 6. The summed E-state index contributed by atoms with van der Waals surface area (Å²) < 4.78 is 9.11.